The number of carbonyl (C=O) groups excluding carboxylic acids is 1. The Hall–Kier alpha value is -3.50. The van der Waals surface area contributed by atoms with Crippen molar-refractivity contribution in [2.24, 2.45) is 0 Å². The maximum atomic E-state index is 13.5. The number of hydrogen-bond acceptors (Lipinski definition) is 10. The van der Waals surface area contributed by atoms with Gasteiger partial charge in [-0.3, -0.25) is 0 Å². The highest BCUT2D eigenvalue weighted by Gasteiger charge is 2.74. The highest BCUT2D eigenvalue weighted by Crippen LogP contribution is 2.65. The van der Waals surface area contributed by atoms with Gasteiger partial charge in [0.2, 0.25) is 0 Å². The molecule has 236 valence electrons. The number of carbonyl (C=O) groups is 1. The third kappa shape index (κ3) is 5.29. The second kappa shape index (κ2) is 13.1. The van der Waals surface area contributed by atoms with Gasteiger partial charge >= 0.3 is 5.97 Å². The van der Waals surface area contributed by atoms with E-state index in [-0.39, 0.29) is 20.4 Å². The van der Waals surface area contributed by atoms with Crippen LogP contribution in [0.1, 0.15) is 51.6 Å². The van der Waals surface area contributed by atoms with Crippen LogP contribution in [0.25, 0.3) is 0 Å². The molecule has 0 spiro atoms. The predicted octanol–water partition coefficient (Wildman–Crippen LogP) is 5.71. The highest BCUT2D eigenvalue weighted by atomic mass is 79.9. The third-order valence-electron chi connectivity index (χ3n) is 8.75. The largest absolute Gasteiger partial charge is 0.467 e. The fourth-order valence-electron chi connectivity index (χ4n) is 6.94. The summed E-state index contributed by atoms with van der Waals surface area (Å²) in [6.45, 7) is -0.0854. The lowest BCUT2D eigenvalue weighted by atomic mass is 9.55. The first-order valence-electron chi connectivity index (χ1n) is 14.6. The summed E-state index contributed by atoms with van der Waals surface area (Å²) in [7, 11) is 4.63. The first-order valence-corrected chi connectivity index (χ1v) is 15.4. The molecule has 0 unspecified atom stereocenters. The SMILES string of the molecule is COCOc1cccc2c1CCC[C@@]2(C#N)[C@]1(OCOC)c2cccc(OCOC)c2[C@H](OC(=O)c2ccc(Br)cc2)[C@H]2O[C@H]21. The molecule has 45 heavy (non-hydrogen) atoms. The van der Waals surface area contributed by atoms with Crippen LogP contribution in [0.5, 0.6) is 11.5 Å². The molecule has 1 heterocycles. The molecule has 0 aromatic heterocycles. The van der Waals surface area contributed by atoms with Crippen LogP contribution in [0.3, 0.4) is 0 Å². The van der Waals surface area contributed by atoms with Gasteiger partial charge in [-0.25, -0.2) is 4.79 Å². The van der Waals surface area contributed by atoms with Gasteiger partial charge in [0.25, 0.3) is 0 Å². The summed E-state index contributed by atoms with van der Waals surface area (Å²) in [5.41, 5.74) is 0.673. The summed E-state index contributed by atoms with van der Waals surface area (Å²) in [5.74, 6) is 0.569. The minimum absolute atomic E-state index is 0.0445. The van der Waals surface area contributed by atoms with Crippen LogP contribution in [0, 0.1) is 11.3 Å². The van der Waals surface area contributed by atoms with Gasteiger partial charge in [-0.2, -0.15) is 5.26 Å². The Morgan fingerprint density at radius 1 is 0.933 bits per heavy atom. The van der Waals surface area contributed by atoms with Crippen molar-refractivity contribution in [2.75, 3.05) is 41.7 Å². The van der Waals surface area contributed by atoms with E-state index in [0.717, 1.165) is 15.6 Å². The van der Waals surface area contributed by atoms with Gasteiger partial charge in [0.05, 0.1) is 11.6 Å². The van der Waals surface area contributed by atoms with E-state index in [1.165, 1.54) is 14.2 Å². The molecule has 0 amide bonds. The lowest BCUT2D eigenvalue weighted by Crippen LogP contribution is -2.58. The molecule has 1 fully saturated rings. The summed E-state index contributed by atoms with van der Waals surface area (Å²) in [6.07, 6.45) is -0.221. The van der Waals surface area contributed by atoms with Crippen molar-refractivity contribution in [3.05, 3.63) is 93.0 Å². The molecule has 6 rings (SSSR count). The number of ether oxygens (including phenoxy) is 8. The number of benzene rings is 3. The van der Waals surface area contributed by atoms with Gasteiger partial charge in [-0.15, -0.1) is 0 Å². The second-order valence-electron chi connectivity index (χ2n) is 11.1. The van der Waals surface area contributed by atoms with E-state index in [0.29, 0.717) is 47.5 Å². The number of hydrogen-bond donors (Lipinski definition) is 0. The Balaban J connectivity index is 1.55. The van der Waals surface area contributed by atoms with Gasteiger partial charge in [0.15, 0.2) is 19.7 Å². The van der Waals surface area contributed by atoms with Crippen molar-refractivity contribution in [1.29, 1.82) is 5.26 Å². The van der Waals surface area contributed by atoms with Crippen LogP contribution in [-0.2, 0) is 45.9 Å². The molecule has 1 saturated heterocycles. The molecule has 0 N–H and O–H groups in total. The molecule has 2 aliphatic carbocycles. The van der Waals surface area contributed by atoms with Crippen molar-refractivity contribution in [2.45, 2.75) is 48.6 Å². The smallest absolute Gasteiger partial charge is 0.338 e. The number of epoxide rings is 1. The molecule has 0 radical (unpaired) electrons. The number of nitrogens with zero attached hydrogens (tertiary/aromatic N) is 1. The molecule has 0 saturated carbocycles. The fraction of sp³-hybridized carbons (Fsp3) is 0.412. The van der Waals surface area contributed by atoms with Crippen molar-refractivity contribution in [3.63, 3.8) is 0 Å². The van der Waals surface area contributed by atoms with Gasteiger partial charge in [-0.05, 0) is 72.4 Å². The molecule has 10 nitrogen and oxygen atoms in total. The second-order valence-corrected chi connectivity index (χ2v) is 12.0. The maximum Gasteiger partial charge on any atom is 0.338 e. The predicted molar refractivity (Wildman–Crippen MR) is 164 cm³/mol. The number of rotatable bonds is 12. The molecule has 3 aromatic carbocycles. The summed E-state index contributed by atoms with van der Waals surface area (Å²) >= 11 is 3.41. The van der Waals surface area contributed by atoms with Crippen LogP contribution >= 0.6 is 15.9 Å². The number of esters is 1. The van der Waals surface area contributed by atoms with Gasteiger partial charge in [-0.1, -0.05) is 40.2 Å². The maximum absolute atomic E-state index is 13.5. The van der Waals surface area contributed by atoms with Gasteiger partial charge in [0, 0.05) is 31.4 Å². The molecular formula is C34H34BrNO9. The van der Waals surface area contributed by atoms with Crippen LogP contribution in [0.15, 0.2) is 65.1 Å². The molecule has 3 aliphatic rings. The van der Waals surface area contributed by atoms with Crippen molar-refractivity contribution >= 4 is 21.9 Å². The van der Waals surface area contributed by atoms with E-state index in [9.17, 15) is 10.1 Å². The number of fused-ring (bicyclic) bond motifs is 3. The Bertz CT molecular complexity index is 1590. The average molecular weight is 681 g/mol. The highest BCUT2D eigenvalue weighted by molar-refractivity contribution is 9.10. The zero-order valence-electron chi connectivity index (χ0n) is 25.2. The summed E-state index contributed by atoms with van der Waals surface area (Å²) < 4.78 is 48.2. The number of methoxy groups -OCH3 is 3. The quantitative estimate of drug-likeness (QED) is 0.134. The van der Waals surface area contributed by atoms with Crippen molar-refractivity contribution < 1.29 is 42.7 Å². The Morgan fingerprint density at radius 3 is 2.29 bits per heavy atom. The van der Waals surface area contributed by atoms with E-state index in [2.05, 4.69) is 22.0 Å². The average Bonchev–Trinajstić information content (AvgIpc) is 3.87. The first kappa shape index (κ1) is 31.5. The standard InChI is InChI=1S/C34H34BrNO9/c1-38-18-41-26-10-4-8-24-23(26)7-6-16-33(24,17-36)34(43-20-40-3)25-9-5-11-27(42-19-39-2)28(25)29(30-31(34)44-30)45-32(37)21-12-14-22(35)15-13-21/h4-5,8-15,29-31H,6-7,16,18-20H2,1-3H3/t29-,30+,31+,33-,34-/m0/s1. The van der Waals surface area contributed by atoms with Crippen molar-refractivity contribution in [3.8, 4) is 17.6 Å². The van der Waals surface area contributed by atoms with E-state index >= 15 is 0 Å². The van der Waals surface area contributed by atoms with Crippen LogP contribution < -0.4 is 9.47 Å². The zero-order chi connectivity index (χ0) is 31.6. The third-order valence-corrected chi connectivity index (χ3v) is 9.28. The molecule has 11 heteroatoms. The molecule has 5 atom stereocenters. The van der Waals surface area contributed by atoms with Crippen LogP contribution in [0.4, 0.5) is 0 Å². The topological polar surface area (TPSA) is 118 Å². The van der Waals surface area contributed by atoms with Gasteiger partial charge < -0.3 is 37.9 Å². The molecule has 3 aromatic rings. The zero-order valence-corrected chi connectivity index (χ0v) is 26.8. The minimum Gasteiger partial charge on any atom is -0.467 e. The Labute approximate surface area is 270 Å². The normalized spacial score (nSPS) is 26.1. The van der Waals surface area contributed by atoms with E-state index in [4.69, 9.17) is 37.9 Å². The van der Waals surface area contributed by atoms with Crippen LogP contribution in [-0.4, -0.2) is 59.9 Å². The monoisotopic (exact) mass is 679 g/mol. The first-order chi connectivity index (χ1) is 22.0. The minimum atomic E-state index is -1.36. The Morgan fingerprint density at radius 2 is 1.60 bits per heavy atom. The number of halogens is 1. The lowest BCUT2D eigenvalue weighted by Gasteiger charge is -2.51. The lowest BCUT2D eigenvalue weighted by molar-refractivity contribution is -0.178. The molecule has 0 bridgehead atoms. The van der Waals surface area contributed by atoms with E-state index in [1.54, 1.807) is 37.4 Å². The Kier molecular flexibility index (Phi) is 9.15. The molecular weight excluding hydrogens is 646 g/mol. The fourth-order valence-corrected chi connectivity index (χ4v) is 7.21. The summed E-state index contributed by atoms with van der Waals surface area (Å²) in [5, 5.41) is 11.3. The summed E-state index contributed by atoms with van der Waals surface area (Å²) in [6, 6.07) is 20.9. The van der Waals surface area contributed by atoms with E-state index < -0.39 is 35.3 Å². The number of nitriles is 1. The van der Waals surface area contributed by atoms with Gasteiger partial charge in [0.1, 0.15) is 41.5 Å². The molecule has 1 aliphatic heterocycles. The van der Waals surface area contributed by atoms with Crippen LogP contribution in [0.2, 0.25) is 0 Å². The summed E-state index contributed by atoms with van der Waals surface area (Å²) in [4.78, 5) is 13.5. The van der Waals surface area contributed by atoms with E-state index in [1.807, 2.05) is 30.3 Å². The van der Waals surface area contributed by atoms with Crippen molar-refractivity contribution in [1.82, 2.24) is 0 Å².